The molecule has 0 bridgehead atoms. The molecule has 0 aliphatic carbocycles. The molecule has 21 heavy (non-hydrogen) atoms. The summed E-state index contributed by atoms with van der Waals surface area (Å²) in [5.74, 6) is -0.0104. The monoisotopic (exact) mass is 284 g/mol. The average molecular weight is 284 g/mol. The number of piperazine rings is 1. The summed E-state index contributed by atoms with van der Waals surface area (Å²) in [5, 5.41) is 9.06. The fourth-order valence-corrected chi connectivity index (χ4v) is 3.04. The van der Waals surface area contributed by atoms with E-state index in [0.29, 0.717) is 17.8 Å². The van der Waals surface area contributed by atoms with Crippen LogP contribution in [0.15, 0.2) is 18.3 Å². The van der Waals surface area contributed by atoms with Gasteiger partial charge < -0.3 is 9.80 Å². The minimum Gasteiger partial charge on any atom is -0.329 e. The molecule has 0 saturated carbocycles. The van der Waals surface area contributed by atoms with Crippen molar-refractivity contribution in [3.05, 3.63) is 29.6 Å². The Kier molecular flexibility index (Phi) is 3.57. The molecule has 0 radical (unpaired) electrons. The van der Waals surface area contributed by atoms with Crippen molar-refractivity contribution in [1.82, 2.24) is 14.8 Å². The first-order valence-corrected chi connectivity index (χ1v) is 7.13. The molecule has 0 N–H and O–H groups in total. The SMILES string of the molecule is N#Cc1ncccc1CN1CC(=O)N2CCCCC2C1=O. The zero-order valence-corrected chi connectivity index (χ0v) is 11.7. The Morgan fingerprint density at radius 2 is 2.24 bits per heavy atom. The molecular weight excluding hydrogens is 268 g/mol. The van der Waals surface area contributed by atoms with Crippen LogP contribution in [0.4, 0.5) is 0 Å². The lowest BCUT2D eigenvalue weighted by Crippen LogP contribution is -2.60. The van der Waals surface area contributed by atoms with E-state index in [1.54, 1.807) is 28.1 Å². The number of amides is 2. The number of nitrogens with zero attached hydrogens (tertiary/aromatic N) is 4. The molecule has 2 aliphatic rings. The predicted octanol–water partition coefficient (Wildman–Crippen LogP) is 0.677. The minimum atomic E-state index is -0.317. The normalized spacial score (nSPS) is 22.0. The van der Waals surface area contributed by atoms with Crippen molar-refractivity contribution >= 4 is 11.8 Å². The smallest absolute Gasteiger partial charge is 0.246 e. The number of fused-ring (bicyclic) bond motifs is 1. The van der Waals surface area contributed by atoms with Gasteiger partial charge in [0.1, 0.15) is 24.3 Å². The van der Waals surface area contributed by atoms with Crippen molar-refractivity contribution in [2.24, 2.45) is 0 Å². The van der Waals surface area contributed by atoms with Crippen molar-refractivity contribution in [3.63, 3.8) is 0 Å². The van der Waals surface area contributed by atoms with E-state index in [4.69, 9.17) is 5.26 Å². The standard InChI is InChI=1S/C15H16N4O2/c16-8-12-11(4-3-6-17-12)9-18-10-14(20)19-7-2-1-5-13(19)15(18)21/h3-4,6,13H,1-2,5,7,9-10H2. The summed E-state index contributed by atoms with van der Waals surface area (Å²) in [6.07, 6.45) is 4.23. The molecule has 1 aromatic heterocycles. The molecule has 108 valence electrons. The zero-order chi connectivity index (χ0) is 14.8. The summed E-state index contributed by atoms with van der Waals surface area (Å²) in [5.41, 5.74) is 0.995. The molecule has 6 heteroatoms. The molecule has 2 fully saturated rings. The lowest BCUT2D eigenvalue weighted by Gasteiger charge is -2.42. The van der Waals surface area contributed by atoms with E-state index in [9.17, 15) is 9.59 Å². The van der Waals surface area contributed by atoms with Crippen LogP contribution >= 0.6 is 0 Å². The lowest BCUT2D eigenvalue weighted by atomic mass is 9.98. The molecule has 1 atom stereocenters. The van der Waals surface area contributed by atoms with Crippen LogP contribution in [0.5, 0.6) is 0 Å². The Bertz CT molecular complexity index is 622. The van der Waals surface area contributed by atoms with E-state index >= 15 is 0 Å². The Morgan fingerprint density at radius 3 is 3.05 bits per heavy atom. The van der Waals surface area contributed by atoms with Crippen molar-refractivity contribution in [2.45, 2.75) is 31.8 Å². The molecule has 2 amide bonds. The molecule has 2 aliphatic heterocycles. The largest absolute Gasteiger partial charge is 0.329 e. The molecule has 0 spiro atoms. The zero-order valence-electron chi connectivity index (χ0n) is 11.7. The van der Waals surface area contributed by atoms with Crippen LogP contribution in [-0.4, -0.2) is 45.7 Å². The summed E-state index contributed by atoms with van der Waals surface area (Å²) in [7, 11) is 0. The van der Waals surface area contributed by atoms with E-state index in [2.05, 4.69) is 4.98 Å². The molecule has 3 rings (SSSR count). The van der Waals surface area contributed by atoms with Gasteiger partial charge in [-0.3, -0.25) is 9.59 Å². The number of rotatable bonds is 2. The summed E-state index contributed by atoms with van der Waals surface area (Å²) < 4.78 is 0. The number of pyridine rings is 1. The third-order valence-electron chi connectivity index (χ3n) is 4.10. The Balaban J connectivity index is 1.81. The first kappa shape index (κ1) is 13.6. The topological polar surface area (TPSA) is 77.3 Å². The minimum absolute atomic E-state index is 0.00157. The van der Waals surface area contributed by atoms with Gasteiger partial charge in [0.25, 0.3) is 0 Å². The molecule has 1 unspecified atom stereocenters. The average Bonchev–Trinajstić information content (AvgIpc) is 2.53. The second-order valence-corrected chi connectivity index (χ2v) is 5.42. The van der Waals surface area contributed by atoms with Gasteiger partial charge >= 0.3 is 0 Å². The van der Waals surface area contributed by atoms with Gasteiger partial charge in [0.15, 0.2) is 0 Å². The van der Waals surface area contributed by atoms with Gasteiger partial charge in [-0.05, 0) is 25.3 Å². The maximum absolute atomic E-state index is 12.5. The van der Waals surface area contributed by atoms with Crippen LogP contribution in [0, 0.1) is 11.3 Å². The number of nitriles is 1. The predicted molar refractivity (Wildman–Crippen MR) is 73.7 cm³/mol. The van der Waals surface area contributed by atoms with E-state index in [1.807, 2.05) is 6.07 Å². The number of carbonyl (C=O) groups excluding carboxylic acids is 2. The highest BCUT2D eigenvalue weighted by Gasteiger charge is 2.40. The van der Waals surface area contributed by atoms with Crippen molar-refractivity contribution in [1.29, 1.82) is 5.26 Å². The fourth-order valence-electron chi connectivity index (χ4n) is 3.04. The molecule has 2 saturated heterocycles. The van der Waals surface area contributed by atoms with Gasteiger partial charge in [-0.25, -0.2) is 4.98 Å². The van der Waals surface area contributed by atoms with Crippen LogP contribution in [0.25, 0.3) is 0 Å². The van der Waals surface area contributed by atoms with Crippen molar-refractivity contribution in [3.8, 4) is 6.07 Å². The fraction of sp³-hybridized carbons (Fsp3) is 0.467. The van der Waals surface area contributed by atoms with E-state index in [-0.39, 0.29) is 30.9 Å². The quantitative estimate of drug-likeness (QED) is 0.800. The molecule has 0 aromatic carbocycles. The van der Waals surface area contributed by atoms with Crippen molar-refractivity contribution in [2.75, 3.05) is 13.1 Å². The van der Waals surface area contributed by atoms with Gasteiger partial charge in [0.05, 0.1) is 0 Å². The van der Waals surface area contributed by atoms with Gasteiger partial charge in [0, 0.05) is 24.8 Å². The summed E-state index contributed by atoms with van der Waals surface area (Å²) in [4.78, 5) is 32.0. The number of hydrogen-bond donors (Lipinski definition) is 0. The van der Waals surface area contributed by atoms with Gasteiger partial charge in [-0.1, -0.05) is 6.07 Å². The second-order valence-electron chi connectivity index (χ2n) is 5.42. The Morgan fingerprint density at radius 1 is 1.38 bits per heavy atom. The maximum Gasteiger partial charge on any atom is 0.246 e. The lowest BCUT2D eigenvalue weighted by molar-refractivity contribution is -0.158. The number of aromatic nitrogens is 1. The summed E-state index contributed by atoms with van der Waals surface area (Å²) in [6, 6.07) is 5.22. The third kappa shape index (κ3) is 2.47. The van der Waals surface area contributed by atoms with E-state index < -0.39 is 0 Å². The third-order valence-corrected chi connectivity index (χ3v) is 4.10. The highest BCUT2D eigenvalue weighted by atomic mass is 16.2. The first-order chi connectivity index (χ1) is 10.2. The Hall–Kier alpha value is -2.42. The van der Waals surface area contributed by atoms with Gasteiger partial charge in [-0.2, -0.15) is 5.26 Å². The number of hydrogen-bond acceptors (Lipinski definition) is 4. The highest BCUT2D eigenvalue weighted by Crippen LogP contribution is 2.24. The van der Waals surface area contributed by atoms with Gasteiger partial charge in [0.2, 0.25) is 11.8 Å². The van der Waals surface area contributed by atoms with Crippen LogP contribution in [0.2, 0.25) is 0 Å². The molecule has 6 nitrogen and oxygen atoms in total. The Labute approximate surface area is 123 Å². The summed E-state index contributed by atoms with van der Waals surface area (Å²) in [6.45, 7) is 1.04. The first-order valence-electron chi connectivity index (χ1n) is 7.13. The highest BCUT2D eigenvalue weighted by molar-refractivity contribution is 5.95. The molecular formula is C15H16N4O2. The van der Waals surface area contributed by atoms with Crippen LogP contribution in [0.1, 0.15) is 30.5 Å². The number of piperidine rings is 1. The van der Waals surface area contributed by atoms with Crippen molar-refractivity contribution < 1.29 is 9.59 Å². The van der Waals surface area contributed by atoms with Crippen LogP contribution in [-0.2, 0) is 16.1 Å². The van der Waals surface area contributed by atoms with E-state index in [0.717, 1.165) is 19.3 Å². The van der Waals surface area contributed by atoms with Crippen LogP contribution < -0.4 is 0 Å². The molecule has 3 heterocycles. The van der Waals surface area contributed by atoms with Gasteiger partial charge in [-0.15, -0.1) is 0 Å². The van der Waals surface area contributed by atoms with E-state index in [1.165, 1.54) is 0 Å². The van der Waals surface area contributed by atoms with Crippen LogP contribution in [0.3, 0.4) is 0 Å². The molecule has 1 aromatic rings. The maximum atomic E-state index is 12.5. The number of carbonyl (C=O) groups is 2. The summed E-state index contributed by atoms with van der Waals surface area (Å²) >= 11 is 0. The second kappa shape index (κ2) is 5.52.